The summed E-state index contributed by atoms with van der Waals surface area (Å²) in [5.74, 6) is -0.852. The molecule has 5 nitrogen and oxygen atoms in total. The zero-order valence-electron chi connectivity index (χ0n) is 9.49. The number of aliphatic carboxylic acids is 1. The first-order valence-electron chi connectivity index (χ1n) is 5.12. The van der Waals surface area contributed by atoms with E-state index in [-0.39, 0.29) is 24.4 Å². The molecule has 1 N–H and O–H groups in total. The van der Waals surface area contributed by atoms with E-state index in [1.54, 1.807) is 5.01 Å². The molecule has 0 aliphatic carbocycles. The fourth-order valence-electron chi connectivity index (χ4n) is 1.73. The van der Waals surface area contributed by atoms with Gasteiger partial charge >= 0.3 is 5.97 Å². The number of nitrogens with zero attached hydrogens (tertiary/aromatic N) is 2. The van der Waals surface area contributed by atoms with Crippen molar-refractivity contribution in [1.29, 1.82) is 0 Å². The zero-order valence-corrected chi connectivity index (χ0v) is 9.49. The van der Waals surface area contributed by atoms with Gasteiger partial charge in [0.05, 0.1) is 6.42 Å². The molecule has 1 saturated heterocycles. The van der Waals surface area contributed by atoms with Gasteiger partial charge in [0.25, 0.3) is 0 Å². The minimum atomic E-state index is -0.872. The van der Waals surface area contributed by atoms with Crippen molar-refractivity contribution in [2.75, 3.05) is 13.1 Å². The first-order chi connectivity index (χ1) is 6.82. The van der Waals surface area contributed by atoms with Gasteiger partial charge in [0.1, 0.15) is 0 Å². The SMILES string of the molecule is CC(C)(C)N1CCC(=O)N1CCC(=O)O. The summed E-state index contributed by atoms with van der Waals surface area (Å²) in [4.78, 5) is 22.0. The minimum absolute atomic E-state index is 0.00167. The molecule has 0 unspecified atom stereocenters. The van der Waals surface area contributed by atoms with Crippen molar-refractivity contribution in [2.24, 2.45) is 0 Å². The van der Waals surface area contributed by atoms with Gasteiger partial charge < -0.3 is 5.11 Å². The Morgan fingerprint density at radius 2 is 2.07 bits per heavy atom. The Morgan fingerprint density at radius 1 is 1.47 bits per heavy atom. The fourth-order valence-corrected chi connectivity index (χ4v) is 1.73. The van der Waals surface area contributed by atoms with Crippen LogP contribution in [0.2, 0.25) is 0 Å². The molecule has 1 heterocycles. The first-order valence-corrected chi connectivity index (χ1v) is 5.12. The van der Waals surface area contributed by atoms with Crippen LogP contribution in [0.4, 0.5) is 0 Å². The highest BCUT2D eigenvalue weighted by atomic mass is 16.4. The molecule has 0 spiro atoms. The molecule has 0 atom stereocenters. The number of carboxylic acid groups (broad SMARTS) is 1. The Kier molecular flexibility index (Phi) is 3.34. The second kappa shape index (κ2) is 4.18. The third-order valence-electron chi connectivity index (χ3n) is 2.43. The van der Waals surface area contributed by atoms with E-state index >= 15 is 0 Å². The van der Waals surface area contributed by atoms with E-state index in [0.717, 1.165) is 0 Å². The fraction of sp³-hybridized carbons (Fsp3) is 0.800. The van der Waals surface area contributed by atoms with Gasteiger partial charge in [-0.1, -0.05) is 0 Å². The Labute approximate surface area is 89.6 Å². The lowest BCUT2D eigenvalue weighted by Crippen LogP contribution is -2.50. The monoisotopic (exact) mass is 214 g/mol. The summed E-state index contributed by atoms with van der Waals surface area (Å²) in [7, 11) is 0. The topological polar surface area (TPSA) is 60.9 Å². The standard InChI is InChI=1S/C10H18N2O3/c1-10(2,3)12-7-4-8(13)11(12)6-5-9(14)15/h4-7H2,1-3H3,(H,14,15). The van der Waals surface area contributed by atoms with Crippen LogP contribution in [0.1, 0.15) is 33.6 Å². The summed E-state index contributed by atoms with van der Waals surface area (Å²) in [5, 5.41) is 12.1. The Hall–Kier alpha value is -1.10. The molecular formula is C10H18N2O3. The van der Waals surface area contributed by atoms with Gasteiger partial charge in [-0.05, 0) is 20.8 Å². The maximum atomic E-state index is 11.5. The van der Waals surface area contributed by atoms with E-state index in [4.69, 9.17) is 5.11 Å². The Morgan fingerprint density at radius 3 is 2.53 bits per heavy atom. The van der Waals surface area contributed by atoms with E-state index in [0.29, 0.717) is 13.0 Å². The number of carbonyl (C=O) groups excluding carboxylic acids is 1. The van der Waals surface area contributed by atoms with Crippen LogP contribution >= 0.6 is 0 Å². The summed E-state index contributed by atoms with van der Waals surface area (Å²) >= 11 is 0. The third-order valence-corrected chi connectivity index (χ3v) is 2.43. The normalized spacial score (nSPS) is 18.6. The van der Waals surface area contributed by atoms with Gasteiger partial charge in [-0.25, -0.2) is 5.01 Å². The summed E-state index contributed by atoms with van der Waals surface area (Å²) in [6.45, 7) is 6.99. The van der Waals surface area contributed by atoms with Crippen LogP contribution < -0.4 is 0 Å². The second-order valence-electron chi connectivity index (χ2n) is 4.70. The van der Waals surface area contributed by atoms with Gasteiger partial charge in [0, 0.05) is 25.0 Å². The molecule has 1 fully saturated rings. The van der Waals surface area contributed by atoms with E-state index in [9.17, 15) is 9.59 Å². The van der Waals surface area contributed by atoms with E-state index in [1.165, 1.54) is 0 Å². The van der Waals surface area contributed by atoms with Crippen molar-refractivity contribution in [3.05, 3.63) is 0 Å². The quantitative estimate of drug-likeness (QED) is 0.751. The molecule has 1 rings (SSSR count). The van der Waals surface area contributed by atoms with Crippen LogP contribution in [0.5, 0.6) is 0 Å². The van der Waals surface area contributed by atoms with Crippen LogP contribution in [0.15, 0.2) is 0 Å². The smallest absolute Gasteiger partial charge is 0.305 e. The van der Waals surface area contributed by atoms with Crippen molar-refractivity contribution in [1.82, 2.24) is 10.0 Å². The molecule has 1 amide bonds. The van der Waals surface area contributed by atoms with E-state index in [1.807, 2.05) is 25.8 Å². The van der Waals surface area contributed by atoms with Crippen LogP contribution in [0.25, 0.3) is 0 Å². The molecule has 1 aliphatic heterocycles. The molecular weight excluding hydrogens is 196 g/mol. The summed E-state index contributed by atoms with van der Waals surface area (Å²) in [6, 6.07) is 0. The number of hydrazine groups is 1. The lowest BCUT2D eigenvalue weighted by Gasteiger charge is -2.38. The number of amides is 1. The highest BCUT2D eigenvalue weighted by molar-refractivity contribution is 5.78. The van der Waals surface area contributed by atoms with Crippen LogP contribution in [0, 0.1) is 0 Å². The molecule has 0 aromatic heterocycles. The Bertz CT molecular complexity index is 270. The lowest BCUT2D eigenvalue weighted by atomic mass is 10.1. The molecule has 0 bridgehead atoms. The number of rotatable bonds is 3. The average Bonchev–Trinajstić information content (AvgIpc) is 2.42. The highest BCUT2D eigenvalue weighted by Crippen LogP contribution is 2.22. The maximum absolute atomic E-state index is 11.5. The van der Waals surface area contributed by atoms with Crippen LogP contribution in [-0.2, 0) is 9.59 Å². The molecule has 86 valence electrons. The summed E-state index contributed by atoms with van der Waals surface area (Å²) in [5.41, 5.74) is -0.134. The van der Waals surface area contributed by atoms with Crippen molar-refractivity contribution < 1.29 is 14.7 Å². The Balaban J connectivity index is 2.65. The minimum Gasteiger partial charge on any atom is -0.481 e. The molecule has 0 saturated carbocycles. The molecule has 15 heavy (non-hydrogen) atoms. The summed E-state index contributed by atoms with van der Waals surface area (Å²) < 4.78 is 0. The third kappa shape index (κ3) is 2.92. The highest BCUT2D eigenvalue weighted by Gasteiger charge is 2.35. The van der Waals surface area contributed by atoms with Gasteiger partial charge in [0.15, 0.2) is 0 Å². The van der Waals surface area contributed by atoms with Gasteiger partial charge in [-0.3, -0.25) is 14.6 Å². The molecule has 0 aromatic rings. The predicted octanol–water partition coefficient (Wildman–Crippen LogP) is 0.709. The van der Waals surface area contributed by atoms with Crippen molar-refractivity contribution in [3.8, 4) is 0 Å². The van der Waals surface area contributed by atoms with Crippen molar-refractivity contribution in [2.45, 2.75) is 39.2 Å². The molecule has 0 radical (unpaired) electrons. The summed E-state index contributed by atoms with van der Waals surface area (Å²) in [6.07, 6.45) is 0.481. The zero-order chi connectivity index (χ0) is 11.6. The van der Waals surface area contributed by atoms with E-state index in [2.05, 4.69) is 0 Å². The number of carboxylic acids is 1. The lowest BCUT2D eigenvalue weighted by molar-refractivity contribution is -0.148. The molecule has 5 heteroatoms. The molecule has 1 aliphatic rings. The van der Waals surface area contributed by atoms with E-state index < -0.39 is 5.97 Å². The van der Waals surface area contributed by atoms with Gasteiger partial charge in [0.2, 0.25) is 5.91 Å². The second-order valence-corrected chi connectivity index (χ2v) is 4.70. The van der Waals surface area contributed by atoms with Crippen molar-refractivity contribution >= 4 is 11.9 Å². The number of carbonyl (C=O) groups is 2. The number of hydrogen-bond acceptors (Lipinski definition) is 3. The predicted molar refractivity (Wildman–Crippen MR) is 55.0 cm³/mol. The van der Waals surface area contributed by atoms with Crippen LogP contribution in [0.3, 0.4) is 0 Å². The van der Waals surface area contributed by atoms with Gasteiger partial charge in [-0.15, -0.1) is 0 Å². The van der Waals surface area contributed by atoms with Crippen molar-refractivity contribution in [3.63, 3.8) is 0 Å². The average molecular weight is 214 g/mol. The largest absolute Gasteiger partial charge is 0.481 e. The van der Waals surface area contributed by atoms with Gasteiger partial charge in [-0.2, -0.15) is 0 Å². The van der Waals surface area contributed by atoms with Crippen LogP contribution in [-0.4, -0.2) is 45.6 Å². The first kappa shape index (κ1) is 12.0. The molecule has 0 aromatic carbocycles. The maximum Gasteiger partial charge on any atom is 0.305 e. The number of hydrogen-bond donors (Lipinski definition) is 1.